The van der Waals surface area contributed by atoms with Gasteiger partial charge in [-0.25, -0.2) is 4.79 Å². The number of hydrogen-bond acceptors (Lipinski definition) is 5. The van der Waals surface area contributed by atoms with Gasteiger partial charge in [-0.15, -0.1) is 0 Å². The maximum atomic E-state index is 12.3. The maximum Gasteiger partial charge on any atom is 0.334 e. The number of carbonyl (C=O) groups excluding carboxylic acids is 2. The minimum Gasteiger partial charge on any atom is -0.462 e. The van der Waals surface area contributed by atoms with Gasteiger partial charge < -0.3 is 14.6 Å². The Morgan fingerprint density at radius 3 is 2.83 bits per heavy atom. The van der Waals surface area contributed by atoms with E-state index in [4.69, 9.17) is 14.6 Å². The van der Waals surface area contributed by atoms with Crippen LogP contribution in [0.2, 0.25) is 0 Å². The third kappa shape index (κ3) is 3.23. The Labute approximate surface area is 143 Å². The van der Waals surface area contributed by atoms with E-state index in [1.54, 1.807) is 0 Å². The minimum absolute atomic E-state index is 0.00546. The van der Waals surface area contributed by atoms with Crippen molar-refractivity contribution in [1.29, 1.82) is 0 Å². The first-order valence-electron chi connectivity index (χ1n) is 9.12. The molecule has 5 nitrogen and oxygen atoms in total. The van der Waals surface area contributed by atoms with E-state index in [2.05, 4.69) is 13.8 Å². The van der Waals surface area contributed by atoms with Crippen LogP contribution in [0.25, 0.3) is 0 Å². The number of cyclic esters (lactones) is 1. The van der Waals surface area contributed by atoms with Crippen LogP contribution >= 0.6 is 0 Å². The quantitative estimate of drug-likeness (QED) is 0.781. The van der Waals surface area contributed by atoms with Gasteiger partial charge in [0.05, 0.1) is 0 Å². The Bertz CT molecular complexity index is 552. The summed E-state index contributed by atoms with van der Waals surface area (Å²) in [5.74, 6) is 1.05. The highest BCUT2D eigenvalue weighted by Crippen LogP contribution is 2.56. The second-order valence-corrected chi connectivity index (χ2v) is 7.75. The van der Waals surface area contributed by atoms with E-state index in [0.717, 1.165) is 30.4 Å². The van der Waals surface area contributed by atoms with Crippen molar-refractivity contribution in [3.63, 3.8) is 0 Å². The standard InChI is InChI=1S/C19H28O5/c1-10(5-4-6-20)17-15-9-23-19(22)18(15)14-8-13(14)11(2)7-16(17)24-12(3)21/h10-11,13-14,16-17,20H,4-9H2,1-3H3/t10-,11-,13+,14+,16-,17+/m1/s1. The average Bonchev–Trinajstić information content (AvgIpc) is 3.20. The van der Waals surface area contributed by atoms with Crippen LogP contribution in [0, 0.1) is 29.6 Å². The molecule has 0 amide bonds. The number of fused-ring (bicyclic) bond motifs is 2. The summed E-state index contributed by atoms with van der Waals surface area (Å²) in [6.07, 6.45) is 3.21. The number of rotatable bonds is 5. The lowest BCUT2D eigenvalue weighted by Crippen LogP contribution is -2.36. The third-order valence-electron chi connectivity index (χ3n) is 6.02. The Kier molecular flexibility index (Phi) is 5.00. The van der Waals surface area contributed by atoms with Gasteiger partial charge in [0.15, 0.2) is 0 Å². The molecule has 6 atom stereocenters. The molecule has 3 rings (SSSR count). The van der Waals surface area contributed by atoms with Gasteiger partial charge in [-0.2, -0.15) is 0 Å². The van der Waals surface area contributed by atoms with Crippen molar-refractivity contribution in [2.45, 2.75) is 52.6 Å². The van der Waals surface area contributed by atoms with Crippen molar-refractivity contribution >= 4 is 11.9 Å². The van der Waals surface area contributed by atoms with Gasteiger partial charge in [0.25, 0.3) is 0 Å². The Morgan fingerprint density at radius 1 is 1.42 bits per heavy atom. The van der Waals surface area contributed by atoms with Crippen molar-refractivity contribution in [3.8, 4) is 0 Å². The van der Waals surface area contributed by atoms with Crippen LogP contribution < -0.4 is 0 Å². The molecule has 0 bridgehead atoms. The molecule has 1 N–H and O–H groups in total. The van der Waals surface area contributed by atoms with Gasteiger partial charge in [-0.1, -0.05) is 13.8 Å². The van der Waals surface area contributed by atoms with E-state index in [9.17, 15) is 9.59 Å². The topological polar surface area (TPSA) is 72.8 Å². The van der Waals surface area contributed by atoms with Crippen LogP contribution in [-0.4, -0.2) is 36.4 Å². The van der Waals surface area contributed by atoms with E-state index in [-0.39, 0.29) is 36.5 Å². The predicted octanol–water partition coefficient (Wildman–Crippen LogP) is 2.47. The summed E-state index contributed by atoms with van der Waals surface area (Å²) in [6.45, 7) is 6.25. The van der Waals surface area contributed by atoms with E-state index in [1.807, 2.05) is 0 Å². The zero-order valence-corrected chi connectivity index (χ0v) is 14.8. The first kappa shape index (κ1) is 17.5. The Morgan fingerprint density at radius 2 is 2.17 bits per heavy atom. The fourth-order valence-electron chi connectivity index (χ4n) is 4.82. The molecule has 0 aromatic rings. The highest BCUT2D eigenvalue weighted by molar-refractivity contribution is 5.93. The van der Waals surface area contributed by atoms with E-state index in [1.165, 1.54) is 6.92 Å². The highest BCUT2D eigenvalue weighted by Gasteiger charge is 2.53. The number of ether oxygens (including phenoxy) is 2. The third-order valence-corrected chi connectivity index (χ3v) is 6.02. The second-order valence-electron chi connectivity index (χ2n) is 7.75. The summed E-state index contributed by atoms with van der Waals surface area (Å²) in [5, 5.41) is 9.17. The molecule has 0 spiro atoms. The number of aliphatic hydroxyl groups excluding tert-OH is 1. The van der Waals surface area contributed by atoms with Gasteiger partial charge in [0.1, 0.15) is 12.7 Å². The lowest BCUT2D eigenvalue weighted by atomic mass is 9.74. The van der Waals surface area contributed by atoms with Crippen LogP contribution in [0.15, 0.2) is 11.1 Å². The van der Waals surface area contributed by atoms with E-state index >= 15 is 0 Å². The summed E-state index contributed by atoms with van der Waals surface area (Å²) >= 11 is 0. The van der Waals surface area contributed by atoms with E-state index in [0.29, 0.717) is 30.8 Å². The minimum atomic E-state index is -0.271. The van der Waals surface area contributed by atoms with Crippen molar-refractivity contribution in [2.75, 3.05) is 13.2 Å². The normalized spacial score (nSPS) is 36.2. The van der Waals surface area contributed by atoms with E-state index < -0.39 is 0 Å². The molecule has 1 heterocycles. The summed E-state index contributed by atoms with van der Waals surface area (Å²) in [7, 11) is 0. The molecule has 5 heteroatoms. The van der Waals surface area contributed by atoms with Gasteiger partial charge in [0.2, 0.25) is 0 Å². The smallest absolute Gasteiger partial charge is 0.334 e. The zero-order chi connectivity index (χ0) is 17.4. The van der Waals surface area contributed by atoms with Crippen LogP contribution in [0.5, 0.6) is 0 Å². The molecule has 0 radical (unpaired) electrons. The molecular formula is C19H28O5. The lowest BCUT2D eigenvalue weighted by molar-refractivity contribution is -0.150. The molecule has 0 aromatic heterocycles. The molecule has 1 aliphatic heterocycles. The van der Waals surface area contributed by atoms with Gasteiger partial charge in [0, 0.05) is 25.0 Å². The van der Waals surface area contributed by atoms with Gasteiger partial charge >= 0.3 is 11.9 Å². The fourth-order valence-corrected chi connectivity index (χ4v) is 4.82. The van der Waals surface area contributed by atoms with Crippen molar-refractivity contribution in [1.82, 2.24) is 0 Å². The molecule has 0 unspecified atom stereocenters. The second kappa shape index (κ2) is 6.87. The summed E-state index contributed by atoms with van der Waals surface area (Å²) in [4.78, 5) is 24.0. The van der Waals surface area contributed by atoms with Gasteiger partial charge in [-0.3, -0.25) is 4.79 Å². The predicted molar refractivity (Wildman–Crippen MR) is 87.9 cm³/mol. The van der Waals surface area contributed by atoms with Gasteiger partial charge in [-0.05, 0) is 54.9 Å². The lowest BCUT2D eigenvalue weighted by Gasteiger charge is -2.35. The molecule has 24 heavy (non-hydrogen) atoms. The monoisotopic (exact) mass is 336 g/mol. The molecule has 0 saturated heterocycles. The highest BCUT2D eigenvalue weighted by atomic mass is 16.5. The molecule has 0 aromatic carbocycles. The SMILES string of the molecule is CC(=O)O[C@@H]1C[C@@H](C)[C@@H]2C[C@@H]2C2=C(COC2=O)[C@@H]1[C@H](C)CCCO. The zero-order valence-electron chi connectivity index (χ0n) is 14.8. The fraction of sp³-hybridized carbons (Fsp3) is 0.789. The number of carbonyl (C=O) groups is 2. The number of hydrogen-bond donors (Lipinski definition) is 1. The van der Waals surface area contributed by atoms with Crippen molar-refractivity contribution < 1.29 is 24.2 Å². The molecule has 134 valence electrons. The van der Waals surface area contributed by atoms with Crippen LogP contribution in [0.3, 0.4) is 0 Å². The number of esters is 2. The van der Waals surface area contributed by atoms with Crippen LogP contribution in [0.1, 0.15) is 46.5 Å². The first-order valence-corrected chi connectivity index (χ1v) is 9.12. The maximum absolute atomic E-state index is 12.3. The molecule has 3 aliphatic rings. The largest absolute Gasteiger partial charge is 0.462 e. The van der Waals surface area contributed by atoms with Crippen molar-refractivity contribution in [2.24, 2.45) is 29.6 Å². The Balaban J connectivity index is 1.97. The molecule has 2 aliphatic carbocycles. The Hall–Kier alpha value is -1.36. The number of aliphatic hydroxyl groups is 1. The molecule has 1 saturated carbocycles. The summed E-state index contributed by atoms with van der Waals surface area (Å²) in [5.41, 5.74) is 1.92. The van der Waals surface area contributed by atoms with Crippen molar-refractivity contribution in [3.05, 3.63) is 11.1 Å². The summed E-state index contributed by atoms with van der Waals surface area (Å²) in [6, 6.07) is 0. The summed E-state index contributed by atoms with van der Waals surface area (Å²) < 4.78 is 11.1. The van der Waals surface area contributed by atoms with Crippen LogP contribution in [0.4, 0.5) is 0 Å². The van der Waals surface area contributed by atoms with Crippen LogP contribution in [-0.2, 0) is 19.1 Å². The average molecular weight is 336 g/mol. The molecular weight excluding hydrogens is 308 g/mol. The first-order chi connectivity index (χ1) is 11.4. The molecule has 1 fully saturated rings.